The third kappa shape index (κ3) is 1.54. The van der Waals surface area contributed by atoms with Crippen molar-refractivity contribution in [1.82, 2.24) is 14.9 Å². The molecule has 0 aliphatic rings. The van der Waals surface area contributed by atoms with Gasteiger partial charge in [0.1, 0.15) is 6.07 Å². The van der Waals surface area contributed by atoms with Gasteiger partial charge in [-0.2, -0.15) is 10.4 Å². The minimum atomic E-state index is 0.450. The first-order chi connectivity index (χ1) is 6.90. The quantitative estimate of drug-likeness (QED) is 0.758. The van der Waals surface area contributed by atoms with Crippen LogP contribution in [0.1, 0.15) is 5.56 Å². The van der Waals surface area contributed by atoms with E-state index < -0.39 is 0 Å². The maximum absolute atomic E-state index is 8.78. The molecule has 5 nitrogen and oxygen atoms in total. The van der Waals surface area contributed by atoms with Gasteiger partial charge in [0, 0.05) is 12.4 Å². The Hall–Kier alpha value is -2.35. The minimum absolute atomic E-state index is 0.450. The van der Waals surface area contributed by atoms with Gasteiger partial charge < -0.3 is 0 Å². The lowest BCUT2D eigenvalue weighted by Gasteiger charge is -2.05. The lowest BCUT2D eigenvalue weighted by atomic mass is 10.3. The molecule has 5 heteroatoms. The Morgan fingerprint density at radius 2 is 2.14 bits per heavy atom. The zero-order valence-corrected chi connectivity index (χ0v) is 7.25. The molecule has 1 N–H and O–H groups in total. The summed E-state index contributed by atoms with van der Waals surface area (Å²) in [6, 6.07) is 7.38. The highest BCUT2D eigenvalue weighted by molar-refractivity contribution is 5.49. The zero-order valence-electron chi connectivity index (χ0n) is 7.25. The molecule has 2 aromatic heterocycles. The van der Waals surface area contributed by atoms with Crippen molar-refractivity contribution in [3.63, 3.8) is 0 Å². The summed E-state index contributed by atoms with van der Waals surface area (Å²) in [5.74, 6) is 0.450. The Morgan fingerprint density at radius 1 is 1.36 bits per heavy atom. The van der Waals surface area contributed by atoms with E-state index >= 15 is 0 Å². The summed E-state index contributed by atoms with van der Waals surface area (Å²) in [6.07, 6.45) is 5.12. The molecule has 68 valence electrons. The number of anilines is 1. The smallest absolute Gasteiger partial charge is 0.185 e. The van der Waals surface area contributed by atoms with E-state index in [1.807, 2.05) is 30.6 Å². The van der Waals surface area contributed by atoms with Crippen LogP contribution in [-0.2, 0) is 0 Å². The molecule has 0 aromatic carbocycles. The summed E-state index contributed by atoms with van der Waals surface area (Å²) in [7, 11) is 0. The van der Waals surface area contributed by atoms with Gasteiger partial charge in [-0.15, -0.1) is 5.10 Å². The van der Waals surface area contributed by atoms with Gasteiger partial charge in [0.15, 0.2) is 5.82 Å². The normalized spacial score (nSPS) is 9.36. The first kappa shape index (κ1) is 8.26. The van der Waals surface area contributed by atoms with Crippen LogP contribution in [0.3, 0.4) is 0 Å². The van der Waals surface area contributed by atoms with Gasteiger partial charge in [-0.25, -0.2) is 0 Å². The van der Waals surface area contributed by atoms with E-state index in [-0.39, 0.29) is 0 Å². The molecular formula is C9H7N5. The third-order valence-corrected chi connectivity index (χ3v) is 1.68. The monoisotopic (exact) mass is 185 g/mol. The number of aromatic nitrogens is 3. The molecule has 0 aliphatic heterocycles. The van der Waals surface area contributed by atoms with E-state index in [9.17, 15) is 0 Å². The maximum Gasteiger partial charge on any atom is 0.185 e. The van der Waals surface area contributed by atoms with Crippen LogP contribution in [0.15, 0.2) is 36.8 Å². The number of nitrogens with zero attached hydrogens (tertiary/aromatic N) is 4. The SMILES string of the molecule is N#Cc1ccnnc1Nn1cccc1. The second kappa shape index (κ2) is 3.58. The van der Waals surface area contributed by atoms with E-state index in [0.29, 0.717) is 11.4 Å². The highest BCUT2D eigenvalue weighted by atomic mass is 15.4. The highest BCUT2D eigenvalue weighted by Gasteiger charge is 2.01. The average molecular weight is 185 g/mol. The highest BCUT2D eigenvalue weighted by Crippen LogP contribution is 2.08. The zero-order chi connectivity index (χ0) is 9.80. The van der Waals surface area contributed by atoms with Crippen molar-refractivity contribution < 1.29 is 0 Å². The lowest BCUT2D eigenvalue weighted by Crippen LogP contribution is -2.09. The topological polar surface area (TPSA) is 66.5 Å². The third-order valence-electron chi connectivity index (χ3n) is 1.68. The van der Waals surface area contributed by atoms with Gasteiger partial charge >= 0.3 is 0 Å². The molecule has 0 amide bonds. The fourth-order valence-corrected chi connectivity index (χ4v) is 1.04. The fraction of sp³-hybridized carbons (Fsp3) is 0. The van der Waals surface area contributed by atoms with Crippen molar-refractivity contribution in [2.24, 2.45) is 0 Å². The van der Waals surface area contributed by atoms with Gasteiger partial charge in [-0.1, -0.05) is 0 Å². The fourth-order valence-electron chi connectivity index (χ4n) is 1.04. The van der Waals surface area contributed by atoms with Crippen LogP contribution in [0.25, 0.3) is 0 Å². The van der Waals surface area contributed by atoms with E-state index in [1.54, 1.807) is 10.7 Å². The molecule has 0 aliphatic carbocycles. The van der Waals surface area contributed by atoms with E-state index in [2.05, 4.69) is 15.6 Å². The van der Waals surface area contributed by atoms with Crippen molar-refractivity contribution in [2.75, 3.05) is 5.43 Å². The number of rotatable bonds is 2. The second-order valence-corrected chi connectivity index (χ2v) is 2.61. The van der Waals surface area contributed by atoms with Crippen molar-refractivity contribution in [2.45, 2.75) is 0 Å². The van der Waals surface area contributed by atoms with Gasteiger partial charge in [0.05, 0.1) is 11.8 Å². The number of nitrogens with one attached hydrogen (secondary N) is 1. The first-order valence-electron chi connectivity index (χ1n) is 4.02. The molecule has 14 heavy (non-hydrogen) atoms. The number of nitriles is 1. The molecule has 0 fully saturated rings. The second-order valence-electron chi connectivity index (χ2n) is 2.61. The summed E-state index contributed by atoms with van der Waals surface area (Å²) < 4.78 is 1.70. The summed E-state index contributed by atoms with van der Waals surface area (Å²) in [5, 5.41) is 16.3. The van der Waals surface area contributed by atoms with Crippen molar-refractivity contribution in [1.29, 1.82) is 5.26 Å². The van der Waals surface area contributed by atoms with Crippen LogP contribution in [0.5, 0.6) is 0 Å². The summed E-state index contributed by atoms with van der Waals surface area (Å²) in [4.78, 5) is 0. The van der Waals surface area contributed by atoms with E-state index in [4.69, 9.17) is 5.26 Å². The van der Waals surface area contributed by atoms with Gasteiger partial charge in [0.2, 0.25) is 0 Å². The van der Waals surface area contributed by atoms with E-state index in [1.165, 1.54) is 6.20 Å². The van der Waals surface area contributed by atoms with Crippen LogP contribution in [0.4, 0.5) is 5.82 Å². The van der Waals surface area contributed by atoms with Crippen LogP contribution < -0.4 is 5.43 Å². The molecular weight excluding hydrogens is 178 g/mol. The Morgan fingerprint density at radius 3 is 2.86 bits per heavy atom. The summed E-state index contributed by atoms with van der Waals surface area (Å²) in [6.45, 7) is 0. The van der Waals surface area contributed by atoms with Crippen molar-refractivity contribution in [3.05, 3.63) is 42.4 Å². The molecule has 0 saturated carbocycles. The molecule has 0 atom stereocenters. The van der Waals surface area contributed by atoms with Gasteiger partial charge in [-0.05, 0) is 18.2 Å². The first-order valence-corrected chi connectivity index (χ1v) is 4.02. The van der Waals surface area contributed by atoms with E-state index in [0.717, 1.165) is 0 Å². The Bertz CT molecular complexity index is 454. The molecule has 2 heterocycles. The molecule has 2 aromatic rings. The summed E-state index contributed by atoms with van der Waals surface area (Å²) >= 11 is 0. The molecule has 2 rings (SSSR count). The number of hydrogen-bond donors (Lipinski definition) is 1. The van der Waals surface area contributed by atoms with Crippen LogP contribution in [0, 0.1) is 11.3 Å². The standard InChI is InChI=1S/C9H7N5/c10-7-8-3-4-11-12-9(8)13-14-5-1-2-6-14/h1-6H,(H,12,13). The minimum Gasteiger partial charge on any atom is -0.275 e. The predicted octanol–water partition coefficient (Wildman–Crippen LogP) is 1.02. The van der Waals surface area contributed by atoms with Crippen LogP contribution in [0.2, 0.25) is 0 Å². The lowest BCUT2D eigenvalue weighted by molar-refractivity contribution is 0.917. The molecule has 0 bridgehead atoms. The van der Waals surface area contributed by atoms with Crippen LogP contribution in [-0.4, -0.2) is 14.9 Å². The van der Waals surface area contributed by atoms with Gasteiger partial charge in [-0.3, -0.25) is 10.1 Å². The predicted molar refractivity (Wildman–Crippen MR) is 50.2 cm³/mol. The Kier molecular flexibility index (Phi) is 2.11. The number of hydrogen-bond acceptors (Lipinski definition) is 4. The van der Waals surface area contributed by atoms with Gasteiger partial charge in [0.25, 0.3) is 0 Å². The molecule has 0 radical (unpaired) electrons. The van der Waals surface area contributed by atoms with Crippen molar-refractivity contribution >= 4 is 5.82 Å². The van der Waals surface area contributed by atoms with Crippen LogP contribution >= 0.6 is 0 Å². The maximum atomic E-state index is 8.78. The molecule has 0 unspecified atom stereocenters. The molecule has 0 saturated heterocycles. The van der Waals surface area contributed by atoms with Crippen molar-refractivity contribution in [3.8, 4) is 6.07 Å². The summed E-state index contributed by atoms with van der Waals surface area (Å²) in [5.41, 5.74) is 3.39. The Balaban J connectivity index is 2.30. The Labute approximate surface area is 80.6 Å². The average Bonchev–Trinajstić information content (AvgIpc) is 2.71. The largest absolute Gasteiger partial charge is 0.275 e. The molecule has 0 spiro atoms.